The van der Waals surface area contributed by atoms with Gasteiger partial charge in [-0.2, -0.15) is 0 Å². The molecule has 11 nitrogen and oxygen atoms in total. The highest BCUT2D eigenvalue weighted by Crippen LogP contribution is 2.08. The van der Waals surface area contributed by atoms with Crippen LogP contribution in [0.2, 0.25) is 0 Å². The Morgan fingerprint density at radius 1 is 0.821 bits per heavy atom. The molecule has 0 bridgehead atoms. The van der Waals surface area contributed by atoms with E-state index in [2.05, 4.69) is 20.9 Å². The number of carbonyl (C=O) groups excluding carboxylic acids is 3. The number of amides is 3. The Balaban J connectivity index is 1.87. The predicted octanol–water partition coefficient (Wildman–Crippen LogP) is 4.25. The number of aliphatic imine (C=N–C) groups is 1. The standard InChI is InChI=1S/C28H38N4O7/c1-28(2,3)39-27(36)30-23(18-33)16-10-11-17-29-24(31-25(34)37-19-21-12-6-4-7-13-21)32-26(35)38-20-22-14-8-5-9-15-22/h4-9,12-15,23,33H,10-11,16-20H2,1-3H3,(H,30,36)(H2,29,31,32,34,35)/t23-/m0/s1. The molecule has 0 saturated carbocycles. The molecule has 2 aromatic carbocycles. The van der Waals surface area contributed by atoms with Crippen molar-refractivity contribution in [3.63, 3.8) is 0 Å². The van der Waals surface area contributed by atoms with Gasteiger partial charge in [0.15, 0.2) is 0 Å². The second kappa shape index (κ2) is 16.7. The number of unbranched alkanes of at least 4 members (excludes halogenated alkanes) is 1. The predicted molar refractivity (Wildman–Crippen MR) is 146 cm³/mol. The van der Waals surface area contributed by atoms with Crippen LogP contribution in [0.1, 0.15) is 51.2 Å². The maximum Gasteiger partial charge on any atom is 0.414 e. The van der Waals surface area contributed by atoms with Crippen molar-refractivity contribution < 1.29 is 33.7 Å². The maximum atomic E-state index is 12.3. The molecule has 0 aliphatic rings. The molecule has 4 N–H and O–H groups in total. The van der Waals surface area contributed by atoms with Gasteiger partial charge in [0.25, 0.3) is 0 Å². The number of hydrogen-bond donors (Lipinski definition) is 4. The number of aliphatic hydroxyl groups is 1. The fraction of sp³-hybridized carbons (Fsp3) is 0.429. The van der Waals surface area contributed by atoms with E-state index in [4.69, 9.17) is 14.2 Å². The molecule has 2 rings (SSSR count). The van der Waals surface area contributed by atoms with Gasteiger partial charge in [0.2, 0.25) is 5.96 Å². The van der Waals surface area contributed by atoms with Crippen molar-refractivity contribution in [1.29, 1.82) is 0 Å². The first-order chi connectivity index (χ1) is 18.6. The molecule has 0 aliphatic carbocycles. The average Bonchev–Trinajstić information content (AvgIpc) is 2.90. The first-order valence-electron chi connectivity index (χ1n) is 12.7. The Hall–Kier alpha value is -4.12. The molecule has 3 amide bonds. The maximum absolute atomic E-state index is 12.3. The summed E-state index contributed by atoms with van der Waals surface area (Å²) < 4.78 is 15.6. The number of benzene rings is 2. The molecule has 0 aromatic heterocycles. The van der Waals surface area contributed by atoms with E-state index in [1.54, 1.807) is 20.8 Å². The van der Waals surface area contributed by atoms with Crippen LogP contribution in [0.3, 0.4) is 0 Å². The fourth-order valence-corrected chi connectivity index (χ4v) is 3.20. The van der Waals surface area contributed by atoms with E-state index < -0.39 is 29.9 Å². The summed E-state index contributed by atoms with van der Waals surface area (Å²) in [5, 5.41) is 17.1. The SMILES string of the molecule is CC(C)(C)OC(=O)N[C@H](CO)CCCCN=C(NC(=O)OCc1ccccc1)NC(=O)OCc1ccccc1. The highest BCUT2D eigenvalue weighted by molar-refractivity contribution is 6.01. The molecular formula is C28H38N4O7. The molecule has 0 fully saturated rings. The normalized spacial score (nSPS) is 11.5. The minimum Gasteiger partial charge on any atom is -0.444 e. The average molecular weight is 543 g/mol. The summed E-state index contributed by atoms with van der Waals surface area (Å²) >= 11 is 0. The number of hydrogen-bond acceptors (Lipinski definition) is 8. The lowest BCUT2D eigenvalue weighted by atomic mass is 10.1. The zero-order valence-electron chi connectivity index (χ0n) is 22.6. The molecule has 39 heavy (non-hydrogen) atoms. The summed E-state index contributed by atoms with van der Waals surface area (Å²) in [4.78, 5) is 40.8. The van der Waals surface area contributed by atoms with E-state index in [0.29, 0.717) is 19.3 Å². The van der Waals surface area contributed by atoms with Gasteiger partial charge in [0, 0.05) is 6.54 Å². The van der Waals surface area contributed by atoms with Gasteiger partial charge < -0.3 is 24.6 Å². The number of rotatable bonds is 11. The quantitative estimate of drug-likeness (QED) is 0.144. The number of carbonyl (C=O) groups is 3. The van der Waals surface area contributed by atoms with Crippen LogP contribution in [-0.2, 0) is 27.4 Å². The zero-order chi connectivity index (χ0) is 28.5. The van der Waals surface area contributed by atoms with E-state index in [-0.39, 0.29) is 32.3 Å². The first-order valence-corrected chi connectivity index (χ1v) is 12.7. The Labute approximate surface area is 228 Å². The Morgan fingerprint density at radius 2 is 1.33 bits per heavy atom. The Bertz CT molecular complexity index is 997. The summed E-state index contributed by atoms with van der Waals surface area (Å²) in [6.45, 7) is 5.37. The summed E-state index contributed by atoms with van der Waals surface area (Å²) in [5.74, 6) is -0.114. The third kappa shape index (κ3) is 14.4. The first kappa shape index (κ1) is 31.1. The number of aliphatic hydroxyl groups excluding tert-OH is 1. The number of guanidine groups is 1. The van der Waals surface area contributed by atoms with Crippen LogP contribution in [0.4, 0.5) is 14.4 Å². The van der Waals surface area contributed by atoms with E-state index >= 15 is 0 Å². The third-order valence-corrected chi connectivity index (χ3v) is 5.04. The molecule has 2 aromatic rings. The van der Waals surface area contributed by atoms with Gasteiger partial charge >= 0.3 is 18.3 Å². The summed E-state index contributed by atoms with van der Waals surface area (Å²) in [5.41, 5.74) is 0.972. The summed E-state index contributed by atoms with van der Waals surface area (Å²) in [6.07, 6.45) is -0.532. The van der Waals surface area contributed by atoms with Crippen LogP contribution in [0.25, 0.3) is 0 Å². The van der Waals surface area contributed by atoms with Crippen LogP contribution in [0.5, 0.6) is 0 Å². The number of ether oxygens (including phenoxy) is 3. The Morgan fingerprint density at radius 3 is 1.79 bits per heavy atom. The minimum atomic E-state index is -0.789. The topological polar surface area (TPSA) is 148 Å². The van der Waals surface area contributed by atoms with Gasteiger partial charge in [-0.15, -0.1) is 0 Å². The fourth-order valence-electron chi connectivity index (χ4n) is 3.20. The largest absolute Gasteiger partial charge is 0.444 e. The lowest BCUT2D eigenvalue weighted by Gasteiger charge is -2.22. The van der Waals surface area contributed by atoms with Gasteiger partial charge in [0.1, 0.15) is 18.8 Å². The van der Waals surface area contributed by atoms with Crippen LogP contribution < -0.4 is 16.0 Å². The molecule has 0 spiro atoms. The lowest BCUT2D eigenvalue weighted by molar-refractivity contribution is 0.0478. The second-order valence-corrected chi connectivity index (χ2v) is 9.63. The molecule has 0 aliphatic heterocycles. The van der Waals surface area contributed by atoms with Crippen molar-refractivity contribution in [1.82, 2.24) is 16.0 Å². The molecule has 0 radical (unpaired) electrons. The van der Waals surface area contributed by atoms with Crippen LogP contribution in [0.15, 0.2) is 65.7 Å². The van der Waals surface area contributed by atoms with E-state index in [9.17, 15) is 19.5 Å². The van der Waals surface area contributed by atoms with Crippen molar-refractivity contribution >= 4 is 24.2 Å². The number of nitrogens with zero attached hydrogens (tertiary/aromatic N) is 1. The number of alkyl carbamates (subject to hydrolysis) is 3. The van der Waals surface area contributed by atoms with E-state index in [1.165, 1.54) is 0 Å². The lowest BCUT2D eigenvalue weighted by Crippen LogP contribution is -2.44. The van der Waals surface area contributed by atoms with Crippen molar-refractivity contribution in [2.24, 2.45) is 4.99 Å². The molecule has 212 valence electrons. The van der Waals surface area contributed by atoms with Crippen molar-refractivity contribution in [3.05, 3.63) is 71.8 Å². The molecule has 0 saturated heterocycles. The van der Waals surface area contributed by atoms with Crippen molar-refractivity contribution in [2.45, 2.75) is 64.9 Å². The van der Waals surface area contributed by atoms with E-state index in [0.717, 1.165) is 11.1 Å². The third-order valence-electron chi connectivity index (χ3n) is 5.04. The Kier molecular flexibility index (Phi) is 13.3. The van der Waals surface area contributed by atoms with Crippen LogP contribution >= 0.6 is 0 Å². The highest BCUT2D eigenvalue weighted by atomic mass is 16.6. The molecule has 11 heteroatoms. The van der Waals surface area contributed by atoms with E-state index in [1.807, 2.05) is 60.7 Å². The van der Waals surface area contributed by atoms with Crippen LogP contribution in [-0.4, -0.2) is 54.1 Å². The monoisotopic (exact) mass is 542 g/mol. The van der Waals surface area contributed by atoms with Gasteiger partial charge in [-0.05, 0) is 51.2 Å². The smallest absolute Gasteiger partial charge is 0.414 e. The van der Waals surface area contributed by atoms with Gasteiger partial charge in [-0.3, -0.25) is 15.6 Å². The molecule has 1 atom stereocenters. The van der Waals surface area contributed by atoms with Gasteiger partial charge in [-0.1, -0.05) is 60.7 Å². The van der Waals surface area contributed by atoms with Gasteiger partial charge in [-0.25, -0.2) is 14.4 Å². The zero-order valence-corrected chi connectivity index (χ0v) is 22.6. The van der Waals surface area contributed by atoms with Crippen molar-refractivity contribution in [2.75, 3.05) is 13.2 Å². The van der Waals surface area contributed by atoms with Gasteiger partial charge in [0.05, 0.1) is 12.6 Å². The molecular weight excluding hydrogens is 504 g/mol. The molecule has 0 heterocycles. The van der Waals surface area contributed by atoms with Crippen molar-refractivity contribution in [3.8, 4) is 0 Å². The summed E-state index contributed by atoms with van der Waals surface area (Å²) in [6, 6.07) is 17.8. The van der Waals surface area contributed by atoms with Crippen LogP contribution in [0, 0.1) is 0 Å². The minimum absolute atomic E-state index is 0.0472. The highest BCUT2D eigenvalue weighted by Gasteiger charge is 2.19. The number of nitrogens with one attached hydrogen (secondary N) is 3. The molecule has 0 unspecified atom stereocenters. The summed E-state index contributed by atoms with van der Waals surface area (Å²) in [7, 11) is 0. The second-order valence-electron chi connectivity index (χ2n) is 9.63.